The van der Waals surface area contributed by atoms with Crippen molar-refractivity contribution >= 4 is 18.5 Å². The van der Waals surface area contributed by atoms with Gasteiger partial charge in [0.15, 0.2) is 0 Å². The van der Waals surface area contributed by atoms with E-state index in [1.54, 1.807) is 11.9 Å². The van der Waals surface area contributed by atoms with Gasteiger partial charge in [0.1, 0.15) is 11.0 Å². The molecule has 1 aliphatic heterocycles. The van der Waals surface area contributed by atoms with Gasteiger partial charge in [-0.1, -0.05) is 30.3 Å². The third-order valence-electron chi connectivity index (χ3n) is 2.88. The first-order chi connectivity index (χ1) is 7.05. The van der Waals surface area contributed by atoms with Crippen molar-refractivity contribution in [1.82, 2.24) is 10.2 Å². The molecule has 0 radical (unpaired) electrons. The average molecular weight is 222 g/mol. The molecule has 2 atom stereocenters. The normalized spacial score (nSPS) is 31.0. The fourth-order valence-electron chi connectivity index (χ4n) is 1.86. The van der Waals surface area contributed by atoms with Crippen LogP contribution in [-0.4, -0.2) is 23.4 Å². The summed E-state index contributed by atoms with van der Waals surface area (Å²) in [6, 6.07) is 9.70. The average Bonchev–Trinajstić information content (AvgIpc) is 2.45. The summed E-state index contributed by atoms with van der Waals surface area (Å²) in [5.41, 5.74) is 0.101. The lowest BCUT2D eigenvalue weighted by Crippen LogP contribution is -2.40. The largest absolute Gasteiger partial charge is 0.319 e. The fourth-order valence-corrected chi connectivity index (χ4v) is 2.22. The Morgan fingerprint density at radius 1 is 1.40 bits per heavy atom. The predicted octanol–water partition coefficient (Wildman–Crippen LogP) is 1.18. The molecule has 1 N–H and O–H groups in total. The fraction of sp³-hybridized carbons (Fsp3) is 0.364. The molecule has 0 saturated carbocycles. The Kier molecular flexibility index (Phi) is 2.48. The Hall–Kier alpha value is -1.00. The van der Waals surface area contributed by atoms with E-state index in [2.05, 4.69) is 17.9 Å². The number of rotatable bonds is 1. The Labute approximate surface area is 94.9 Å². The van der Waals surface area contributed by atoms with E-state index in [4.69, 9.17) is 0 Å². The first kappa shape index (κ1) is 10.5. The molecule has 1 amide bonds. The summed E-state index contributed by atoms with van der Waals surface area (Å²) in [6.07, 6.45) is 0. The van der Waals surface area contributed by atoms with Gasteiger partial charge in [0, 0.05) is 7.05 Å². The molecule has 0 aromatic heterocycles. The van der Waals surface area contributed by atoms with Crippen molar-refractivity contribution in [3.05, 3.63) is 35.9 Å². The van der Waals surface area contributed by atoms with Gasteiger partial charge in [-0.3, -0.25) is 10.1 Å². The van der Waals surface area contributed by atoms with Gasteiger partial charge in [0.05, 0.1) is 0 Å². The minimum absolute atomic E-state index is 0.0497. The second-order valence-corrected chi connectivity index (χ2v) is 4.41. The highest BCUT2D eigenvalue weighted by Crippen LogP contribution is 2.30. The monoisotopic (exact) mass is 222 g/mol. The first-order valence-corrected chi connectivity index (χ1v) is 5.36. The topological polar surface area (TPSA) is 32.3 Å². The van der Waals surface area contributed by atoms with Crippen LogP contribution in [0.5, 0.6) is 0 Å². The molecule has 2 rings (SSSR count). The molecule has 1 heterocycles. The van der Waals surface area contributed by atoms with Crippen molar-refractivity contribution in [3.63, 3.8) is 0 Å². The standard InChI is InChI=1S/C11H14N2OS/c1-11(8-6-4-3-5-7-8)9(14)13(2)10(15)12-11/h3-7,10,12,15H,1-2H3. The smallest absolute Gasteiger partial charge is 0.248 e. The van der Waals surface area contributed by atoms with Gasteiger partial charge in [0.2, 0.25) is 5.91 Å². The van der Waals surface area contributed by atoms with Crippen molar-refractivity contribution in [2.24, 2.45) is 0 Å². The zero-order valence-electron chi connectivity index (χ0n) is 8.77. The lowest BCUT2D eigenvalue weighted by atomic mass is 9.92. The molecule has 3 nitrogen and oxygen atoms in total. The number of nitrogens with one attached hydrogen (secondary N) is 1. The van der Waals surface area contributed by atoms with Crippen LogP contribution >= 0.6 is 12.6 Å². The number of benzene rings is 1. The van der Waals surface area contributed by atoms with E-state index in [1.807, 2.05) is 37.3 Å². The summed E-state index contributed by atoms with van der Waals surface area (Å²) >= 11 is 4.30. The summed E-state index contributed by atoms with van der Waals surface area (Å²) in [7, 11) is 1.75. The quantitative estimate of drug-likeness (QED) is 0.699. The van der Waals surface area contributed by atoms with Crippen LogP contribution in [0.1, 0.15) is 12.5 Å². The number of amides is 1. The second kappa shape index (κ2) is 3.54. The van der Waals surface area contributed by atoms with Gasteiger partial charge in [-0.15, -0.1) is 12.6 Å². The van der Waals surface area contributed by atoms with Gasteiger partial charge in [-0.25, -0.2) is 0 Å². The zero-order chi connectivity index (χ0) is 11.1. The third kappa shape index (κ3) is 1.54. The number of hydrogen-bond donors (Lipinski definition) is 2. The molecule has 1 aliphatic rings. The molecule has 1 fully saturated rings. The van der Waals surface area contributed by atoms with E-state index in [0.717, 1.165) is 5.56 Å². The van der Waals surface area contributed by atoms with Gasteiger partial charge >= 0.3 is 0 Å². The summed E-state index contributed by atoms with van der Waals surface area (Å²) < 4.78 is 0. The summed E-state index contributed by atoms with van der Waals surface area (Å²) in [6.45, 7) is 1.89. The van der Waals surface area contributed by atoms with Crippen molar-refractivity contribution in [2.45, 2.75) is 18.0 Å². The molecule has 0 bridgehead atoms. The highest BCUT2D eigenvalue weighted by molar-refractivity contribution is 7.80. The van der Waals surface area contributed by atoms with Gasteiger partial charge < -0.3 is 4.90 Å². The van der Waals surface area contributed by atoms with Gasteiger partial charge in [-0.05, 0) is 12.5 Å². The van der Waals surface area contributed by atoms with Crippen molar-refractivity contribution < 1.29 is 4.79 Å². The molecule has 0 aliphatic carbocycles. The number of hydrogen-bond acceptors (Lipinski definition) is 3. The van der Waals surface area contributed by atoms with E-state index in [0.29, 0.717) is 0 Å². The Morgan fingerprint density at radius 3 is 2.47 bits per heavy atom. The minimum Gasteiger partial charge on any atom is -0.319 e. The molecular formula is C11H14N2OS. The van der Waals surface area contributed by atoms with Crippen LogP contribution in [0.4, 0.5) is 0 Å². The highest BCUT2D eigenvalue weighted by atomic mass is 32.1. The Balaban J connectivity index is 2.41. The molecule has 1 saturated heterocycles. The number of thiol groups is 1. The van der Waals surface area contributed by atoms with Crippen LogP contribution in [0.15, 0.2) is 30.3 Å². The number of likely N-dealkylation sites (N-methyl/N-ethyl adjacent to an activating group) is 1. The zero-order valence-corrected chi connectivity index (χ0v) is 9.66. The van der Waals surface area contributed by atoms with Crippen molar-refractivity contribution in [1.29, 1.82) is 0 Å². The Morgan fingerprint density at radius 2 is 2.00 bits per heavy atom. The SMILES string of the molecule is CN1C(=O)C(C)(c2ccccc2)NC1S. The van der Waals surface area contributed by atoms with E-state index >= 15 is 0 Å². The molecule has 80 valence electrons. The van der Waals surface area contributed by atoms with Crippen LogP contribution in [-0.2, 0) is 10.3 Å². The third-order valence-corrected chi connectivity index (χ3v) is 3.36. The minimum atomic E-state index is -0.650. The van der Waals surface area contributed by atoms with Crippen LogP contribution in [0.3, 0.4) is 0 Å². The first-order valence-electron chi connectivity index (χ1n) is 4.84. The van der Waals surface area contributed by atoms with Gasteiger partial charge in [0.25, 0.3) is 0 Å². The van der Waals surface area contributed by atoms with E-state index in [9.17, 15) is 4.79 Å². The van der Waals surface area contributed by atoms with Crippen LogP contribution < -0.4 is 5.32 Å². The number of nitrogens with zero attached hydrogens (tertiary/aromatic N) is 1. The van der Waals surface area contributed by atoms with E-state index in [1.165, 1.54) is 0 Å². The number of carbonyl (C=O) groups excluding carboxylic acids is 1. The Bertz CT molecular complexity index is 381. The molecule has 15 heavy (non-hydrogen) atoms. The lowest BCUT2D eigenvalue weighted by molar-refractivity contribution is -0.131. The predicted molar refractivity (Wildman–Crippen MR) is 62.5 cm³/mol. The van der Waals surface area contributed by atoms with Crippen LogP contribution in [0.2, 0.25) is 0 Å². The summed E-state index contributed by atoms with van der Waals surface area (Å²) in [5.74, 6) is 0.0497. The molecule has 1 aromatic rings. The maximum atomic E-state index is 12.1. The van der Waals surface area contributed by atoms with E-state index < -0.39 is 5.54 Å². The highest BCUT2D eigenvalue weighted by Gasteiger charge is 2.46. The molecule has 0 spiro atoms. The molecule has 4 heteroatoms. The lowest BCUT2D eigenvalue weighted by Gasteiger charge is -2.22. The van der Waals surface area contributed by atoms with Gasteiger partial charge in [-0.2, -0.15) is 0 Å². The van der Waals surface area contributed by atoms with E-state index in [-0.39, 0.29) is 11.4 Å². The maximum Gasteiger partial charge on any atom is 0.248 e. The van der Waals surface area contributed by atoms with Crippen molar-refractivity contribution in [2.75, 3.05) is 7.05 Å². The van der Waals surface area contributed by atoms with Crippen LogP contribution in [0, 0.1) is 0 Å². The summed E-state index contributed by atoms with van der Waals surface area (Å²) in [4.78, 5) is 13.7. The van der Waals surface area contributed by atoms with Crippen LogP contribution in [0.25, 0.3) is 0 Å². The maximum absolute atomic E-state index is 12.1. The summed E-state index contributed by atoms with van der Waals surface area (Å²) in [5, 5.41) is 3.19. The molecule has 1 aromatic carbocycles. The number of carbonyl (C=O) groups is 1. The molecule has 2 unspecified atom stereocenters. The second-order valence-electron chi connectivity index (χ2n) is 3.93. The molecular weight excluding hydrogens is 208 g/mol. The van der Waals surface area contributed by atoms with Crippen molar-refractivity contribution in [3.8, 4) is 0 Å².